The molecule has 1 unspecified atom stereocenters. The van der Waals surface area contributed by atoms with E-state index >= 15 is 0 Å². The van der Waals surface area contributed by atoms with Crippen LogP contribution >= 0.6 is 0 Å². The first-order valence-corrected chi connectivity index (χ1v) is 4.66. The summed E-state index contributed by atoms with van der Waals surface area (Å²) in [6.45, 7) is 5.24. The van der Waals surface area contributed by atoms with Crippen molar-refractivity contribution in [2.75, 3.05) is 5.73 Å². The van der Waals surface area contributed by atoms with Crippen LogP contribution in [0.25, 0.3) is 0 Å². The Labute approximate surface area is 78.1 Å². The normalized spacial score (nSPS) is 21.1. The smallest absolute Gasteiger partial charge is 0.126 e. The van der Waals surface area contributed by atoms with Gasteiger partial charge in [0, 0.05) is 19.2 Å². The topological polar surface area (TPSA) is 55.9 Å². The summed E-state index contributed by atoms with van der Waals surface area (Å²) in [6.07, 6.45) is 0. The SMILES string of the molecule is CC(C)C1NCc2c1nn(C)c2N. The number of nitrogen functional groups attached to an aromatic ring is 1. The van der Waals surface area contributed by atoms with Gasteiger partial charge in [0.2, 0.25) is 0 Å². The van der Waals surface area contributed by atoms with Crippen LogP contribution < -0.4 is 11.1 Å². The summed E-state index contributed by atoms with van der Waals surface area (Å²) in [5.74, 6) is 1.36. The highest BCUT2D eigenvalue weighted by atomic mass is 15.3. The van der Waals surface area contributed by atoms with Crippen LogP contribution in [0.2, 0.25) is 0 Å². The Bertz CT molecular complexity index is 327. The third kappa shape index (κ3) is 1.13. The number of aryl methyl sites for hydroxylation is 1. The molecule has 4 nitrogen and oxygen atoms in total. The van der Waals surface area contributed by atoms with Gasteiger partial charge in [-0.1, -0.05) is 13.8 Å². The first kappa shape index (κ1) is 8.56. The summed E-state index contributed by atoms with van der Waals surface area (Å²) in [5, 5.41) is 7.84. The Morgan fingerprint density at radius 3 is 2.92 bits per heavy atom. The first-order chi connectivity index (χ1) is 6.11. The molecule has 72 valence electrons. The van der Waals surface area contributed by atoms with E-state index in [1.165, 1.54) is 5.56 Å². The van der Waals surface area contributed by atoms with E-state index in [-0.39, 0.29) is 0 Å². The van der Waals surface area contributed by atoms with Gasteiger partial charge in [0.1, 0.15) is 5.82 Å². The molecule has 13 heavy (non-hydrogen) atoms. The molecule has 4 heteroatoms. The zero-order valence-electron chi connectivity index (χ0n) is 8.33. The van der Waals surface area contributed by atoms with Crippen LogP contribution in [0.15, 0.2) is 0 Å². The van der Waals surface area contributed by atoms with Crippen LogP contribution in [0.4, 0.5) is 5.82 Å². The van der Waals surface area contributed by atoms with Gasteiger partial charge in [0.15, 0.2) is 0 Å². The van der Waals surface area contributed by atoms with E-state index in [9.17, 15) is 0 Å². The van der Waals surface area contributed by atoms with Crippen molar-refractivity contribution in [1.29, 1.82) is 0 Å². The van der Waals surface area contributed by atoms with E-state index in [0.29, 0.717) is 12.0 Å². The summed E-state index contributed by atoms with van der Waals surface area (Å²) in [4.78, 5) is 0. The number of nitrogens with zero attached hydrogens (tertiary/aromatic N) is 2. The van der Waals surface area contributed by atoms with Crippen molar-refractivity contribution in [3.8, 4) is 0 Å². The van der Waals surface area contributed by atoms with Crippen LogP contribution in [0.5, 0.6) is 0 Å². The summed E-state index contributed by atoms with van der Waals surface area (Å²) in [7, 11) is 1.89. The highest BCUT2D eigenvalue weighted by Gasteiger charge is 2.29. The zero-order valence-corrected chi connectivity index (χ0v) is 8.33. The summed E-state index contributed by atoms with van der Waals surface area (Å²) in [6, 6.07) is 0.374. The molecule has 1 atom stereocenters. The molecule has 1 aromatic heterocycles. The molecule has 0 saturated heterocycles. The maximum Gasteiger partial charge on any atom is 0.126 e. The van der Waals surface area contributed by atoms with E-state index in [1.54, 1.807) is 4.68 Å². The Balaban J connectivity index is 2.43. The molecular formula is C9H16N4. The quantitative estimate of drug-likeness (QED) is 0.672. The van der Waals surface area contributed by atoms with Crippen molar-refractivity contribution >= 4 is 5.82 Å². The maximum atomic E-state index is 5.88. The van der Waals surface area contributed by atoms with Gasteiger partial charge in [0.25, 0.3) is 0 Å². The molecule has 1 aliphatic heterocycles. The predicted octanol–water partition coefficient (Wildman–Crippen LogP) is 0.803. The highest BCUT2D eigenvalue weighted by Crippen LogP contribution is 2.32. The Morgan fingerprint density at radius 2 is 2.31 bits per heavy atom. The molecule has 1 aromatic rings. The number of aromatic nitrogens is 2. The van der Waals surface area contributed by atoms with Gasteiger partial charge in [0.05, 0.1) is 11.7 Å². The van der Waals surface area contributed by atoms with Crippen LogP contribution in [-0.2, 0) is 13.6 Å². The van der Waals surface area contributed by atoms with Crippen LogP contribution in [-0.4, -0.2) is 9.78 Å². The lowest BCUT2D eigenvalue weighted by Crippen LogP contribution is -2.19. The number of fused-ring (bicyclic) bond motifs is 1. The minimum atomic E-state index is 0.374. The number of rotatable bonds is 1. The third-order valence-electron chi connectivity index (χ3n) is 2.68. The van der Waals surface area contributed by atoms with Gasteiger partial charge >= 0.3 is 0 Å². The number of nitrogens with two attached hydrogens (primary N) is 1. The molecule has 0 bridgehead atoms. The van der Waals surface area contributed by atoms with Gasteiger partial charge < -0.3 is 11.1 Å². The minimum Gasteiger partial charge on any atom is -0.384 e. The molecule has 0 aliphatic carbocycles. The van der Waals surface area contributed by atoms with Gasteiger partial charge in [-0.05, 0) is 5.92 Å². The second kappa shape index (κ2) is 2.73. The molecule has 0 radical (unpaired) electrons. The minimum absolute atomic E-state index is 0.374. The average molecular weight is 180 g/mol. The first-order valence-electron chi connectivity index (χ1n) is 4.66. The van der Waals surface area contributed by atoms with Crippen molar-refractivity contribution in [2.45, 2.75) is 26.4 Å². The molecule has 2 rings (SSSR count). The van der Waals surface area contributed by atoms with Gasteiger partial charge in [-0.2, -0.15) is 5.10 Å². The molecule has 0 amide bonds. The summed E-state index contributed by atoms with van der Waals surface area (Å²) >= 11 is 0. The molecule has 0 fully saturated rings. The number of nitrogens with one attached hydrogen (secondary N) is 1. The lowest BCUT2D eigenvalue weighted by Gasteiger charge is -2.13. The van der Waals surface area contributed by atoms with Crippen molar-refractivity contribution in [2.24, 2.45) is 13.0 Å². The molecule has 0 spiro atoms. The fourth-order valence-corrected chi connectivity index (χ4v) is 1.89. The summed E-state index contributed by atoms with van der Waals surface area (Å²) in [5.41, 5.74) is 8.19. The van der Waals surface area contributed by atoms with E-state index in [1.807, 2.05) is 7.05 Å². The molecule has 3 N–H and O–H groups in total. The Morgan fingerprint density at radius 1 is 1.62 bits per heavy atom. The Hall–Kier alpha value is -1.03. The van der Waals surface area contributed by atoms with Gasteiger partial charge in [-0.3, -0.25) is 4.68 Å². The fourth-order valence-electron chi connectivity index (χ4n) is 1.89. The molecule has 0 saturated carbocycles. The molecule has 2 heterocycles. The number of hydrogen-bond donors (Lipinski definition) is 2. The largest absolute Gasteiger partial charge is 0.384 e. The van der Waals surface area contributed by atoms with Crippen LogP contribution in [0, 0.1) is 5.92 Å². The number of anilines is 1. The lowest BCUT2D eigenvalue weighted by molar-refractivity contribution is 0.427. The standard InChI is InChI=1S/C9H16N4/c1-5(2)7-8-6(4-11-7)9(10)13(3)12-8/h5,7,11H,4,10H2,1-3H3. The van der Waals surface area contributed by atoms with Crippen molar-refractivity contribution in [3.63, 3.8) is 0 Å². The van der Waals surface area contributed by atoms with Crippen LogP contribution in [0.3, 0.4) is 0 Å². The molecular weight excluding hydrogens is 164 g/mol. The number of hydrogen-bond acceptors (Lipinski definition) is 3. The van der Waals surface area contributed by atoms with E-state index < -0.39 is 0 Å². The predicted molar refractivity (Wildman–Crippen MR) is 52.0 cm³/mol. The average Bonchev–Trinajstić information content (AvgIpc) is 2.55. The fraction of sp³-hybridized carbons (Fsp3) is 0.667. The van der Waals surface area contributed by atoms with Crippen molar-refractivity contribution in [1.82, 2.24) is 15.1 Å². The second-order valence-corrected chi connectivity index (χ2v) is 3.98. The van der Waals surface area contributed by atoms with Crippen LogP contribution in [0.1, 0.15) is 31.1 Å². The van der Waals surface area contributed by atoms with Gasteiger partial charge in [-0.15, -0.1) is 0 Å². The summed E-state index contributed by atoms with van der Waals surface area (Å²) < 4.78 is 1.76. The molecule has 1 aliphatic rings. The van der Waals surface area contributed by atoms with Crippen molar-refractivity contribution < 1.29 is 0 Å². The third-order valence-corrected chi connectivity index (χ3v) is 2.68. The zero-order chi connectivity index (χ0) is 9.59. The second-order valence-electron chi connectivity index (χ2n) is 3.98. The van der Waals surface area contributed by atoms with Crippen molar-refractivity contribution in [3.05, 3.63) is 11.3 Å². The maximum absolute atomic E-state index is 5.88. The highest BCUT2D eigenvalue weighted by molar-refractivity contribution is 5.46. The lowest BCUT2D eigenvalue weighted by atomic mass is 10.0. The Kier molecular flexibility index (Phi) is 1.80. The monoisotopic (exact) mass is 180 g/mol. The van der Waals surface area contributed by atoms with E-state index in [2.05, 4.69) is 24.3 Å². The van der Waals surface area contributed by atoms with E-state index in [4.69, 9.17) is 5.73 Å². The molecule has 0 aromatic carbocycles. The van der Waals surface area contributed by atoms with Gasteiger partial charge in [-0.25, -0.2) is 0 Å². The van der Waals surface area contributed by atoms with E-state index in [0.717, 1.165) is 18.1 Å².